The van der Waals surface area contributed by atoms with Crippen LogP contribution in [0.1, 0.15) is 31.2 Å². The molecule has 1 saturated carbocycles. The Hall–Kier alpha value is -2.09. The molecule has 1 aliphatic rings. The highest BCUT2D eigenvalue weighted by Crippen LogP contribution is 2.24. The second kappa shape index (κ2) is 9.56. The van der Waals surface area contributed by atoms with Gasteiger partial charge in [0.25, 0.3) is 0 Å². The Morgan fingerprint density at radius 3 is 2.31 bits per heavy atom. The molecule has 0 aliphatic heterocycles. The number of urea groups is 1. The van der Waals surface area contributed by atoms with Crippen molar-refractivity contribution in [2.45, 2.75) is 38.1 Å². The minimum Gasteiger partial charge on any atom is -0.481 e. The Morgan fingerprint density at radius 2 is 1.69 bits per heavy atom. The van der Waals surface area contributed by atoms with Crippen LogP contribution in [-0.2, 0) is 21.1 Å². The zero-order valence-corrected chi connectivity index (χ0v) is 15.5. The van der Waals surface area contributed by atoms with Gasteiger partial charge >= 0.3 is 12.0 Å². The van der Waals surface area contributed by atoms with Crippen LogP contribution in [0.5, 0.6) is 0 Å². The summed E-state index contributed by atoms with van der Waals surface area (Å²) < 4.78 is 24.1. The molecular formula is C18H26N2O5S. The van der Waals surface area contributed by atoms with E-state index in [0.29, 0.717) is 32.1 Å². The average molecular weight is 382 g/mol. The summed E-state index contributed by atoms with van der Waals surface area (Å²) in [5.41, 5.74) is 0.971. The van der Waals surface area contributed by atoms with E-state index in [1.54, 1.807) is 0 Å². The molecule has 0 spiro atoms. The first-order chi connectivity index (χ1) is 12.4. The van der Waals surface area contributed by atoms with Crippen molar-refractivity contribution in [3.05, 3.63) is 35.9 Å². The maximum atomic E-state index is 12.0. The minimum absolute atomic E-state index is 0.0551. The molecule has 1 fully saturated rings. The van der Waals surface area contributed by atoms with Gasteiger partial charge in [0.1, 0.15) is 0 Å². The number of carboxylic acids is 1. The SMILES string of the molecule is O=C(NCCS(=O)(=O)CCc1ccccc1)NC1CCC(C(=O)O)CC1. The second-order valence-electron chi connectivity index (χ2n) is 6.67. The Bertz CT molecular complexity index is 698. The van der Waals surface area contributed by atoms with Gasteiger partial charge in [0.05, 0.1) is 17.4 Å². The Morgan fingerprint density at radius 1 is 1.04 bits per heavy atom. The lowest BCUT2D eigenvalue weighted by Gasteiger charge is -2.26. The van der Waals surface area contributed by atoms with Gasteiger partial charge in [-0.2, -0.15) is 0 Å². The molecule has 0 bridgehead atoms. The first-order valence-electron chi connectivity index (χ1n) is 8.87. The molecule has 144 valence electrons. The van der Waals surface area contributed by atoms with Crippen molar-refractivity contribution in [1.29, 1.82) is 0 Å². The van der Waals surface area contributed by atoms with Gasteiger partial charge in [-0.3, -0.25) is 4.79 Å². The number of aryl methyl sites for hydroxylation is 1. The van der Waals surface area contributed by atoms with Crippen molar-refractivity contribution in [3.8, 4) is 0 Å². The third kappa shape index (κ3) is 7.03. The van der Waals surface area contributed by atoms with E-state index in [4.69, 9.17) is 5.11 Å². The number of carbonyl (C=O) groups is 2. The van der Waals surface area contributed by atoms with Crippen LogP contribution in [-0.4, -0.2) is 49.6 Å². The fraction of sp³-hybridized carbons (Fsp3) is 0.556. The number of rotatable bonds is 8. The first kappa shape index (κ1) is 20.2. The van der Waals surface area contributed by atoms with Gasteiger partial charge < -0.3 is 15.7 Å². The van der Waals surface area contributed by atoms with E-state index in [-0.39, 0.29) is 30.0 Å². The molecule has 1 aromatic rings. The van der Waals surface area contributed by atoms with Crippen LogP contribution in [0.2, 0.25) is 0 Å². The van der Waals surface area contributed by atoms with Crippen LogP contribution in [0.15, 0.2) is 30.3 Å². The van der Waals surface area contributed by atoms with Gasteiger partial charge in [-0.15, -0.1) is 0 Å². The molecule has 7 nitrogen and oxygen atoms in total. The fourth-order valence-electron chi connectivity index (χ4n) is 3.06. The number of nitrogens with one attached hydrogen (secondary N) is 2. The molecule has 26 heavy (non-hydrogen) atoms. The first-order valence-corrected chi connectivity index (χ1v) is 10.7. The summed E-state index contributed by atoms with van der Waals surface area (Å²) >= 11 is 0. The summed E-state index contributed by atoms with van der Waals surface area (Å²) in [6.45, 7) is 0.0629. The van der Waals surface area contributed by atoms with Gasteiger partial charge in [0, 0.05) is 12.6 Å². The van der Waals surface area contributed by atoms with E-state index in [2.05, 4.69) is 10.6 Å². The van der Waals surface area contributed by atoms with Crippen molar-refractivity contribution in [3.63, 3.8) is 0 Å². The summed E-state index contributed by atoms with van der Waals surface area (Å²) in [6, 6.07) is 8.95. The molecule has 2 amide bonds. The Labute approximate surface area is 154 Å². The topological polar surface area (TPSA) is 113 Å². The highest BCUT2D eigenvalue weighted by molar-refractivity contribution is 7.91. The largest absolute Gasteiger partial charge is 0.481 e. The zero-order chi connectivity index (χ0) is 19.0. The molecule has 3 N–H and O–H groups in total. The quantitative estimate of drug-likeness (QED) is 0.632. The second-order valence-corrected chi connectivity index (χ2v) is 8.98. The number of amides is 2. The summed E-state index contributed by atoms with van der Waals surface area (Å²) in [6.07, 6.45) is 2.81. The van der Waals surface area contributed by atoms with Gasteiger partial charge in [-0.1, -0.05) is 30.3 Å². The molecule has 1 aliphatic carbocycles. The summed E-state index contributed by atoms with van der Waals surface area (Å²) in [5, 5.41) is 14.3. The number of carboxylic acid groups (broad SMARTS) is 1. The van der Waals surface area contributed by atoms with Crippen LogP contribution in [0, 0.1) is 5.92 Å². The third-order valence-electron chi connectivity index (χ3n) is 4.65. The minimum atomic E-state index is -3.23. The summed E-state index contributed by atoms with van der Waals surface area (Å²) in [7, 11) is -3.23. The van der Waals surface area contributed by atoms with Crippen LogP contribution in [0.4, 0.5) is 4.79 Å². The van der Waals surface area contributed by atoms with E-state index >= 15 is 0 Å². The molecular weight excluding hydrogens is 356 g/mol. The van der Waals surface area contributed by atoms with E-state index in [1.807, 2.05) is 30.3 Å². The maximum Gasteiger partial charge on any atom is 0.315 e. The Balaban J connectivity index is 1.64. The number of hydrogen-bond acceptors (Lipinski definition) is 4. The predicted molar refractivity (Wildman–Crippen MR) is 98.7 cm³/mol. The summed E-state index contributed by atoms with van der Waals surface area (Å²) in [5.74, 6) is -1.15. The third-order valence-corrected chi connectivity index (χ3v) is 6.31. The molecule has 0 heterocycles. The molecule has 0 unspecified atom stereocenters. The number of hydrogen-bond donors (Lipinski definition) is 3. The number of aliphatic carboxylic acids is 1. The van der Waals surface area contributed by atoms with Crippen molar-refractivity contribution in [2.75, 3.05) is 18.1 Å². The molecule has 0 radical (unpaired) electrons. The molecule has 0 atom stereocenters. The lowest BCUT2D eigenvalue weighted by Crippen LogP contribution is -2.45. The predicted octanol–water partition coefficient (Wildman–Crippen LogP) is 1.59. The maximum absolute atomic E-state index is 12.0. The van der Waals surface area contributed by atoms with E-state index < -0.39 is 21.8 Å². The standard InChI is InChI=1S/C18H26N2O5S/c21-17(22)15-6-8-16(9-7-15)20-18(23)19-11-13-26(24,25)12-10-14-4-2-1-3-5-14/h1-5,15-16H,6-13H2,(H,21,22)(H2,19,20,23). The van der Waals surface area contributed by atoms with Crippen molar-refractivity contribution in [2.24, 2.45) is 5.92 Å². The molecule has 0 saturated heterocycles. The number of benzene rings is 1. The fourth-order valence-corrected chi connectivity index (χ4v) is 4.23. The molecule has 8 heteroatoms. The van der Waals surface area contributed by atoms with Gasteiger partial charge in [0.2, 0.25) is 0 Å². The monoisotopic (exact) mass is 382 g/mol. The van der Waals surface area contributed by atoms with Crippen LogP contribution >= 0.6 is 0 Å². The van der Waals surface area contributed by atoms with Crippen molar-refractivity contribution >= 4 is 21.8 Å². The normalized spacial score (nSPS) is 20.3. The lowest BCUT2D eigenvalue weighted by atomic mass is 9.86. The van der Waals surface area contributed by atoms with E-state index in [9.17, 15) is 18.0 Å². The van der Waals surface area contributed by atoms with Crippen LogP contribution < -0.4 is 10.6 Å². The number of carbonyl (C=O) groups excluding carboxylic acids is 1. The highest BCUT2D eigenvalue weighted by Gasteiger charge is 2.26. The summed E-state index contributed by atoms with van der Waals surface area (Å²) in [4.78, 5) is 22.8. The van der Waals surface area contributed by atoms with Gasteiger partial charge in [0.15, 0.2) is 9.84 Å². The zero-order valence-electron chi connectivity index (χ0n) is 14.7. The van der Waals surface area contributed by atoms with Crippen LogP contribution in [0.3, 0.4) is 0 Å². The molecule has 1 aromatic carbocycles. The number of sulfone groups is 1. The molecule has 0 aromatic heterocycles. The average Bonchev–Trinajstić information content (AvgIpc) is 2.61. The van der Waals surface area contributed by atoms with Crippen LogP contribution in [0.25, 0.3) is 0 Å². The van der Waals surface area contributed by atoms with Crippen molar-refractivity contribution < 1.29 is 23.1 Å². The lowest BCUT2D eigenvalue weighted by molar-refractivity contribution is -0.142. The van der Waals surface area contributed by atoms with Gasteiger partial charge in [-0.05, 0) is 37.7 Å². The van der Waals surface area contributed by atoms with E-state index in [1.165, 1.54) is 0 Å². The van der Waals surface area contributed by atoms with E-state index in [0.717, 1.165) is 5.56 Å². The molecule has 2 rings (SSSR count). The highest BCUT2D eigenvalue weighted by atomic mass is 32.2. The van der Waals surface area contributed by atoms with Gasteiger partial charge in [-0.25, -0.2) is 13.2 Å². The smallest absolute Gasteiger partial charge is 0.315 e. The Kier molecular flexibility index (Phi) is 7.44. The van der Waals surface area contributed by atoms with Crippen molar-refractivity contribution in [1.82, 2.24) is 10.6 Å².